The van der Waals surface area contributed by atoms with Crippen LogP contribution in [0.3, 0.4) is 0 Å². The van der Waals surface area contributed by atoms with E-state index in [1.807, 2.05) is 24.3 Å². The summed E-state index contributed by atoms with van der Waals surface area (Å²) in [5, 5.41) is 3.07. The van der Waals surface area contributed by atoms with E-state index in [1.165, 1.54) is 20.5 Å². The maximum atomic E-state index is 13.2. The Kier molecular flexibility index (Phi) is 4.75. The lowest BCUT2D eigenvalue weighted by atomic mass is 9.68. The van der Waals surface area contributed by atoms with E-state index in [4.69, 9.17) is 9.47 Å². The number of nitrogens with zero attached hydrogens (tertiary/aromatic N) is 1. The number of piperidine rings is 1. The van der Waals surface area contributed by atoms with Gasteiger partial charge in [0.05, 0.1) is 31.5 Å². The molecule has 2 saturated heterocycles. The highest BCUT2D eigenvalue weighted by Gasteiger charge is 2.60. The maximum absolute atomic E-state index is 13.2. The first-order valence-corrected chi connectivity index (χ1v) is 9.65. The van der Waals surface area contributed by atoms with E-state index in [9.17, 15) is 9.59 Å². The Balaban J connectivity index is 1.75. The molecule has 1 aromatic carbocycles. The Morgan fingerprint density at radius 1 is 1.36 bits per heavy atom. The number of anilines is 1. The molecule has 1 spiro atoms. The molecule has 6 nitrogen and oxygen atoms in total. The molecule has 0 saturated carbocycles. The van der Waals surface area contributed by atoms with E-state index < -0.39 is 11.4 Å². The number of carbonyl (C=O) groups is 2. The number of nitrogens with one attached hydrogen (secondary N) is 1. The van der Waals surface area contributed by atoms with Gasteiger partial charge in [-0.25, -0.2) is 4.79 Å². The number of benzene rings is 1. The molecule has 0 radical (unpaired) electrons. The molecule has 2 fully saturated rings. The molecule has 0 aromatic heterocycles. The van der Waals surface area contributed by atoms with Gasteiger partial charge in [-0.05, 0) is 36.9 Å². The first-order valence-electron chi connectivity index (χ1n) is 9.65. The molecule has 4 atom stereocenters. The van der Waals surface area contributed by atoms with E-state index in [1.54, 1.807) is 0 Å². The fourth-order valence-corrected chi connectivity index (χ4v) is 5.38. The second-order valence-electron chi connectivity index (χ2n) is 7.77. The summed E-state index contributed by atoms with van der Waals surface area (Å²) in [5.41, 5.74) is 1.90. The molecule has 3 aliphatic heterocycles. The van der Waals surface area contributed by atoms with E-state index in [-0.39, 0.29) is 23.8 Å². The number of amides is 1. The van der Waals surface area contributed by atoms with E-state index >= 15 is 0 Å². The van der Waals surface area contributed by atoms with Gasteiger partial charge in [0.25, 0.3) is 0 Å². The van der Waals surface area contributed by atoms with Crippen LogP contribution < -0.4 is 5.32 Å². The minimum atomic E-state index is -0.574. The summed E-state index contributed by atoms with van der Waals surface area (Å²) in [4.78, 5) is 28.0. The van der Waals surface area contributed by atoms with Crippen molar-refractivity contribution < 1.29 is 19.1 Å². The molecule has 148 valence electrons. The number of rotatable bonds is 4. The molecule has 4 rings (SSSR count). The van der Waals surface area contributed by atoms with Gasteiger partial charge >= 0.3 is 5.97 Å². The Hall–Kier alpha value is -2.60. The number of esters is 1. The van der Waals surface area contributed by atoms with E-state index in [0.29, 0.717) is 12.0 Å². The van der Waals surface area contributed by atoms with Crippen LogP contribution >= 0.6 is 0 Å². The largest absolute Gasteiger partial charge is 0.504 e. The van der Waals surface area contributed by atoms with Gasteiger partial charge in [0.2, 0.25) is 5.91 Å². The summed E-state index contributed by atoms with van der Waals surface area (Å²) in [7, 11) is 2.90. The summed E-state index contributed by atoms with van der Waals surface area (Å²) < 4.78 is 10.2. The van der Waals surface area contributed by atoms with Gasteiger partial charge in [-0.2, -0.15) is 0 Å². The number of carbonyl (C=O) groups excluding carboxylic acids is 2. The predicted octanol–water partition coefficient (Wildman–Crippen LogP) is 2.48. The van der Waals surface area contributed by atoms with E-state index in [2.05, 4.69) is 22.9 Å². The van der Waals surface area contributed by atoms with Gasteiger partial charge in [-0.15, -0.1) is 6.58 Å². The van der Waals surface area contributed by atoms with Crippen LogP contribution in [0.25, 0.3) is 0 Å². The summed E-state index contributed by atoms with van der Waals surface area (Å²) >= 11 is 0. The second kappa shape index (κ2) is 7.09. The molecule has 3 aliphatic rings. The maximum Gasteiger partial charge on any atom is 0.337 e. The van der Waals surface area contributed by atoms with Gasteiger partial charge in [-0.1, -0.05) is 24.3 Å². The van der Waals surface area contributed by atoms with Crippen molar-refractivity contribution >= 4 is 17.6 Å². The van der Waals surface area contributed by atoms with Crippen LogP contribution in [-0.2, 0) is 24.5 Å². The van der Waals surface area contributed by atoms with Crippen molar-refractivity contribution in [2.75, 3.05) is 32.6 Å². The van der Waals surface area contributed by atoms with Crippen LogP contribution in [-0.4, -0.2) is 50.1 Å². The molecule has 1 amide bonds. The van der Waals surface area contributed by atoms with Crippen LogP contribution in [0.5, 0.6) is 0 Å². The zero-order valence-corrected chi connectivity index (χ0v) is 16.3. The van der Waals surface area contributed by atoms with Crippen molar-refractivity contribution in [3.8, 4) is 0 Å². The van der Waals surface area contributed by atoms with Gasteiger partial charge < -0.3 is 14.8 Å². The average Bonchev–Trinajstić information content (AvgIpc) is 3.23. The smallest absolute Gasteiger partial charge is 0.337 e. The van der Waals surface area contributed by atoms with Gasteiger partial charge in [0, 0.05) is 24.2 Å². The van der Waals surface area contributed by atoms with Crippen molar-refractivity contribution in [3.63, 3.8) is 0 Å². The Morgan fingerprint density at radius 3 is 2.86 bits per heavy atom. The number of para-hydroxylation sites is 1. The minimum absolute atomic E-state index is 0.0160. The fourth-order valence-electron chi connectivity index (χ4n) is 5.38. The topological polar surface area (TPSA) is 67.9 Å². The Bertz CT molecular complexity index is 849. The fraction of sp³-hybridized carbons (Fsp3) is 0.455. The SMILES string of the molecule is C=CC1CN2CCC3(C(=O)Nc4ccccc43)[C@@H]2C[C@@H]1/C(=C\OC)C(=O)OC. The quantitative estimate of drug-likeness (QED) is 0.375. The number of fused-ring (bicyclic) bond motifs is 4. The van der Waals surface area contributed by atoms with Gasteiger partial charge in [-0.3, -0.25) is 9.69 Å². The third-order valence-electron chi connectivity index (χ3n) is 6.67. The highest BCUT2D eigenvalue weighted by Crippen LogP contribution is 2.52. The molecule has 1 N–H and O–H groups in total. The number of hydrogen-bond acceptors (Lipinski definition) is 5. The lowest BCUT2D eigenvalue weighted by Crippen LogP contribution is -2.53. The third-order valence-corrected chi connectivity index (χ3v) is 6.67. The van der Waals surface area contributed by atoms with Crippen LogP contribution in [0.4, 0.5) is 5.69 Å². The summed E-state index contributed by atoms with van der Waals surface area (Å²) in [6.45, 7) is 5.60. The van der Waals surface area contributed by atoms with Crippen molar-refractivity contribution in [3.05, 3.63) is 54.3 Å². The molecular formula is C22H26N2O4. The number of ether oxygens (including phenoxy) is 2. The summed E-state index contributed by atoms with van der Waals surface area (Å²) in [5.74, 6) is -0.351. The molecule has 3 heterocycles. The molecule has 1 aromatic rings. The molecule has 0 aliphatic carbocycles. The zero-order valence-electron chi connectivity index (χ0n) is 16.3. The summed E-state index contributed by atoms with van der Waals surface area (Å²) in [6.07, 6.45) is 4.83. The monoisotopic (exact) mass is 382 g/mol. The van der Waals surface area contributed by atoms with Gasteiger partial charge in [0.1, 0.15) is 0 Å². The molecule has 0 bridgehead atoms. The lowest BCUT2D eigenvalue weighted by molar-refractivity contribution is -0.137. The Labute approximate surface area is 165 Å². The molecular weight excluding hydrogens is 356 g/mol. The van der Waals surface area contributed by atoms with Crippen LogP contribution in [0.1, 0.15) is 18.4 Å². The number of hydrogen-bond donors (Lipinski definition) is 1. The van der Waals surface area contributed by atoms with Crippen LogP contribution in [0.15, 0.2) is 48.8 Å². The number of methoxy groups -OCH3 is 2. The first-order chi connectivity index (χ1) is 13.6. The Morgan fingerprint density at radius 2 is 2.14 bits per heavy atom. The van der Waals surface area contributed by atoms with Gasteiger partial charge in [0.15, 0.2) is 0 Å². The predicted molar refractivity (Wildman–Crippen MR) is 106 cm³/mol. The van der Waals surface area contributed by atoms with Crippen molar-refractivity contribution in [1.29, 1.82) is 0 Å². The highest BCUT2D eigenvalue weighted by molar-refractivity contribution is 6.07. The standard InChI is InChI=1S/C22H26N2O4/c1-4-14-12-24-10-9-22(17-7-5-6-8-18(17)23-21(22)26)19(24)11-15(14)16(13-27-2)20(25)28-3/h4-8,13-15,19H,1,9-12H2,2-3H3,(H,23,26)/b16-13+/t14?,15-,19-,22?/m0/s1. The molecule has 2 unspecified atom stereocenters. The van der Waals surface area contributed by atoms with Crippen LogP contribution in [0.2, 0.25) is 0 Å². The molecule has 28 heavy (non-hydrogen) atoms. The first kappa shape index (κ1) is 18.7. The zero-order chi connectivity index (χ0) is 19.9. The summed E-state index contributed by atoms with van der Waals surface area (Å²) in [6, 6.07) is 7.96. The van der Waals surface area contributed by atoms with Crippen molar-refractivity contribution in [1.82, 2.24) is 4.90 Å². The van der Waals surface area contributed by atoms with Crippen molar-refractivity contribution in [2.24, 2.45) is 11.8 Å². The third kappa shape index (κ3) is 2.58. The minimum Gasteiger partial charge on any atom is -0.504 e. The lowest BCUT2D eigenvalue weighted by Gasteiger charge is -2.44. The molecule has 6 heteroatoms. The normalized spacial score (nSPS) is 31.9. The van der Waals surface area contributed by atoms with E-state index in [0.717, 1.165) is 30.8 Å². The second-order valence-corrected chi connectivity index (χ2v) is 7.77. The average molecular weight is 382 g/mol. The van der Waals surface area contributed by atoms with Crippen molar-refractivity contribution in [2.45, 2.75) is 24.3 Å². The highest BCUT2D eigenvalue weighted by atomic mass is 16.5. The van der Waals surface area contributed by atoms with Crippen LogP contribution in [0, 0.1) is 11.8 Å².